The number of carbonyl (C=O) groups excluding carboxylic acids is 1. The number of halogens is 3. The van der Waals surface area contributed by atoms with Crippen LogP contribution in [-0.4, -0.2) is 26.0 Å². The number of rotatable bonds is 6. The summed E-state index contributed by atoms with van der Waals surface area (Å²) < 4.78 is 58.2. The van der Waals surface area contributed by atoms with E-state index in [-0.39, 0.29) is 22.6 Å². The second-order valence-corrected chi connectivity index (χ2v) is 8.04. The highest BCUT2D eigenvalue weighted by Gasteiger charge is 2.23. The Morgan fingerprint density at radius 3 is 2.75 bits per heavy atom. The van der Waals surface area contributed by atoms with Crippen molar-refractivity contribution in [2.24, 2.45) is 0 Å². The zero-order chi connectivity index (χ0) is 17.9. The van der Waals surface area contributed by atoms with E-state index < -0.39 is 32.5 Å². The average Bonchev–Trinajstić information content (AvgIpc) is 2.89. The normalized spacial score (nSPS) is 11.3. The van der Waals surface area contributed by atoms with Crippen molar-refractivity contribution in [2.75, 3.05) is 11.3 Å². The molecule has 1 heterocycles. The number of esters is 1. The number of anilines is 1. The number of benzene rings is 1. The predicted octanol–water partition coefficient (Wildman–Crippen LogP) is 3.09. The van der Waals surface area contributed by atoms with Gasteiger partial charge in [-0.25, -0.2) is 22.2 Å². The lowest BCUT2D eigenvalue weighted by Gasteiger charge is -2.07. The molecule has 0 spiro atoms. The van der Waals surface area contributed by atoms with E-state index in [0.29, 0.717) is 10.9 Å². The summed E-state index contributed by atoms with van der Waals surface area (Å²) in [6.07, 6.45) is 1.24. The third-order valence-corrected chi connectivity index (χ3v) is 5.67. The average molecular weight is 441 g/mol. The Bertz CT molecular complexity index is 871. The monoisotopic (exact) mass is 440 g/mol. The molecule has 0 fully saturated rings. The smallest absolute Gasteiger partial charge is 0.311 e. The van der Waals surface area contributed by atoms with Crippen LogP contribution in [0.25, 0.3) is 0 Å². The van der Waals surface area contributed by atoms with E-state index in [4.69, 9.17) is 4.74 Å². The molecule has 0 bridgehead atoms. The minimum absolute atomic E-state index is 0.0610. The first kappa shape index (κ1) is 18.7. The Kier molecular flexibility index (Phi) is 5.88. The maximum absolute atomic E-state index is 13.8. The van der Waals surface area contributed by atoms with Crippen molar-refractivity contribution in [3.05, 3.63) is 39.3 Å². The van der Waals surface area contributed by atoms with E-state index in [1.807, 2.05) is 0 Å². The van der Waals surface area contributed by atoms with Crippen LogP contribution in [0.1, 0.15) is 11.8 Å². The second kappa shape index (κ2) is 7.53. The highest BCUT2D eigenvalue weighted by atomic mass is 79.9. The summed E-state index contributed by atoms with van der Waals surface area (Å²) >= 11 is 3.66. The van der Waals surface area contributed by atoms with Crippen LogP contribution in [0.3, 0.4) is 0 Å². The molecule has 0 aliphatic heterocycles. The van der Waals surface area contributed by atoms with E-state index in [9.17, 15) is 22.0 Å². The number of carbonyl (C=O) groups is 1. The highest BCUT2D eigenvalue weighted by Crippen LogP contribution is 2.26. The Hall–Kier alpha value is -1.59. The largest absolute Gasteiger partial charge is 0.466 e. The molecule has 24 heavy (non-hydrogen) atoms. The van der Waals surface area contributed by atoms with Gasteiger partial charge in [0.15, 0.2) is 5.13 Å². The van der Waals surface area contributed by atoms with Gasteiger partial charge in [0.1, 0.15) is 16.5 Å². The highest BCUT2D eigenvalue weighted by molar-refractivity contribution is 9.10. The first-order valence-corrected chi connectivity index (χ1v) is 9.60. The van der Waals surface area contributed by atoms with Gasteiger partial charge in [-0.3, -0.25) is 9.52 Å². The molecule has 2 aromatic rings. The Labute approximate surface area is 149 Å². The minimum atomic E-state index is -4.36. The molecule has 0 saturated heterocycles. The van der Waals surface area contributed by atoms with Crippen molar-refractivity contribution in [1.29, 1.82) is 0 Å². The van der Waals surface area contributed by atoms with E-state index in [1.54, 1.807) is 6.92 Å². The van der Waals surface area contributed by atoms with E-state index in [1.165, 1.54) is 6.20 Å². The van der Waals surface area contributed by atoms with Gasteiger partial charge in [-0.1, -0.05) is 0 Å². The first-order valence-electron chi connectivity index (χ1n) is 6.50. The number of hydrogen-bond donors (Lipinski definition) is 1. The van der Waals surface area contributed by atoms with Gasteiger partial charge in [-0.05, 0) is 35.0 Å². The third kappa shape index (κ3) is 4.48. The standard InChI is InChI=1S/C13H11BrF2N2O4S2/c1-2-22-12(19)3-7-6-17-13(23-7)18-24(20,21)11-5-9(15)8(14)4-10(11)16/h4-6H,2-3H2,1H3,(H,17,18). The molecule has 0 atom stereocenters. The number of hydrogen-bond acceptors (Lipinski definition) is 6. The van der Waals surface area contributed by atoms with Crippen molar-refractivity contribution in [3.8, 4) is 0 Å². The van der Waals surface area contributed by atoms with Crippen LogP contribution in [0.15, 0.2) is 27.7 Å². The van der Waals surface area contributed by atoms with Gasteiger partial charge in [0, 0.05) is 11.1 Å². The van der Waals surface area contributed by atoms with Crippen LogP contribution in [-0.2, 0) is 26.0 Å². The maximum atomic E-state index is 13.8. The molecule has 0 aliphatic rings. The number of thiazole rings is 1. The molecule has 0 unspecified atom stereocenters. The SMILES string of the molecule is CCOC(=O)Cc1cnc(NS(=O)(=O)c2cc(F)c(Br)cc2F)s1. The molecule has 130 valence electrons. The molecular formula is C13H11BrF2N2O4S2. The number of nitrogens with zero attached hydrogens (tertiary/aromatic N) is 1. The summed E-state index contributed by atoms with van der Waals surface area (Å²) in [6, 6.07) is 1.28. The van der Waals surface area contributed by atoms with Gasteiger partial charge in [0.25, 0.3) is 10.0 Å². The number of ether oxygens (including phenoxy) is 1. The van der Waals surface area contributed by atoms with Crippen LogP contribution >= 0.6 is 27.3 Å². The first-order chi connectivity index (χ1) is 11.2. The fourth-order valence-corrected chi connectivity index (χ4v) is 4.10. The predicted molar refractivity (Wildman–Crippen MR) is 87.3 cm³/mol. The van der Waals surface area contributed by atoms with Crippen molar-refractivity contribution in [1.82, 2.24) is 4.98 Å². The van der Waals surface area contributed by atoms with Crippen molar-refractivity contribution >= 4 is 48.4 Å². The van der Waals surface area contributed by atoms with Crippen LogP contribution in [0.5, 0.6) is 0 Å². The fraction of sp³-hybridized carbons (Fsp3) is 0.231. The van der Waals surface area contributed by atoms with Crippen LogP contribution < -0.4 is 4.72 Å². The lowest BCUT2D eigenvalue weighted by atomic mass is 10.3. The van der Waals surface area contributed by atoms with E-state index in [0.717, 1.165) is 17.4 Å². The van der Waals surface area contributed by atoms with Gasteiger partial charge in [-0.15, -0.1) is 11.3 Å². The second-order valence-electron chi connectivity index (χ2n) is 4.42. The Balaban J connectivity index is 2.20. The fourth-order valence-electron chi connectivity index (χ4n) is 1.67. The molecule has 1 aromatic heterocycles. The molecule has 0 radical (unpaired) electrons. The third-order valence-electron chi connectivity index (χ3n) is 2.66. The molecule has 11 heteroatoms. The number of nitrogens with one attached hydrogen (secondary N) is 1. The molecule has 0 amide bonds. The quantitative estimate of drug-likeness (QED) is 0.550. The summed E-state index contributed by atoms with van der Waals surface area (Å²) in [4.78, 5) is 14.8. The van der Waals surface area contributed by atoms with Gasteiger partial charge >= 0.3 is 5.97 Å². The maximum Gasteiger partial charge on any atom is 0.311 e. The van der Waals surface area contributed by atoms with E-state index >= 15 is 0 Å². The molecule has 1 N–H and O–H groups in total. The van der Waals surface area contributed by atoms with E-state index in [2.05, 4.69) is 25.6 Å². The summed E-state index contributed by atoms with van der Waals surface area (Å²) in [7, 11) is -4.36. The molecule has 2 rings (SSSR count). The summed E-state index contributed by atoms with van der Waals surface area (Å²) in [5.74, 6) is -2.51. The lowest BCUT2D eigenvalue weighted by Crippen LogP contribution is -2.15. The zero-order valence-electron chi connectivity index (χ0n) is 12.2. The summed E-state index contributed by atoms with van der Waals surface area (Å²) in [5, 5.41) is -0.0722. The van der Waals surface area contributed by atoms with Crippen molar-refractivity contribution < 1.29 is 26.7 Å². The minimum Gasteiger partial charge on any atom is -0.466 e. The zero-order valence-corrected chi connectivity index (χ0v) is 15.4. The summed E-state index contributed by atoms with van der Waals surface area (Å²) in [6.45, 7) is 1.89. The molecule has 0 aliphatic carbocycles. The topological polar surface area (TPSA) is 85.4 Å². The number of aromatic nitrogens is 1. The summed E-state index contributed by atoms with van der Waals surface area (Å²) in [5.41, 5.74) is 0. The van der Waals surface area contributed by atoms with Gasteiger partial charge in [0.05, 0.1) is 17.5 Å². The molecule has 0 saturated carbocycles. The molecule has 6 nitrogen and oxygen atoms in total. The van der Waals surface area contributed by atoms with Gasteiger partial charge in [0.2, 0.25) is 0 Å². The van der Waals surface area contributed by atoms with Crippen LogP contribution in [0.2, 0.25) is 0 Å². The van der Waals surface area contributed by atoms with Crippen molar-refractivity contribution in [2.45, 2.75) is 18.2 Å². The molecule has 1 aromatic carbocycles. The van der Waals surface area contributed by atoms with Crippen molar-refractivity contribution in [3.63, 3.8) is 0 Å². The number of sulfonamides is 1. The van der Waals surface area contributed by atoms with Crippen LogP contribution in [0.4, 0.5) is 13.9 Å². The van der Waals surface area contributed by atoms with Gasteiger partial charge < -0.3 is 4.74 Å². The lowest BCUT2D eigenvalue weighted by molar-refractivity contribution is -0.142. The molecular weight excluding hydrogens is 430 g/mol. The Morgan fingerprint density at radius 2 is 2.08 bits per heavy atom. The van der Waals surface area contributed by atoms with Crippen LogP contribution in [0, 0.1) is 11.6 Å². The van der Waals surface area contributed by atoms with Gasteiger partial charge in [-0.2, -0.15) is 0 Å². The Morgan fingerprint density at radius 1 is 1.38 bits per heavy atom.